The van der Waals surface area contributed by atoms with Gasteiger partial charge >= 0.3 is 5.97 Å². The summed E-state index contributed by atoms with van der Waals surface area (Å²) >= 11 is 0. The number of methoxy groups -OCH3 is 2. The number of ether oxygens (including phenoxy) is 2. The molecule has 2 unspecified atom stereocenters. The Bertz CT molecular complexity index is 1060. The van der Waals surface area contributed by atoms with Crippen LogP contribution in [0.4, 0.5) is 5.69 Å². The molecule has 3 rings (SSSR count). The number of nitro benzene ring substituents is 1. The van der Waals surface area contributed by atoms with Crippen LogP contribution in [-0.4, -0.2) is 70.4 Å². The first-order valence-corrected chi connectivity index (χ1v) is 11.0. The van der Waals surface area contributed by atoms with Crippen LogP contribution in [0.25, 0.3) is 0 Å². The van der Waals surface area contributed by atoms with Gasteiger partial charge in [-0.1, -0.05) is 6.92 Å². The normalized spacial score (nSPS) is 18.6. The SMILES string of the molecule is COc1ccc(CN2CC(C(=O)O)C(C)C2=O)c(OC)c1.N[C@H](CO)[C@H](O)c1ccc([N+](=O)[O-])cc1. The zero-order chi connectivity index (χ0) is 27.0. The van der Waals surface area contributed by atoms with E-state index >= 15 is 0 Å². The van der Waals surface area contributed by atoms with E-state index in [1.165, 1.54) is 24.3 Å². The second-order valence-electron chi connectivity index (χ2n) is 8.27. The number of carboxylic acids is 1. The lowest BCUT2D eigenvalue weighted by Gasteiger charge is -2.18. The van der Waals surface area contributed by atoms with Crippen LogP contribution in [0.3, 0.4) is 0 Å². The van der Waals surface area contributed by atoms with Gasteiger partial charge in [0.25, 0.3) is 5.69 Å². The summed E-state index contributed by atoms with van der Waals surface area (Å²) in [5.41, 5.74) is 6.63. The van der Waals surface area contributed by atoms with Gasteiger partial charge in [-0.25, -0.2) is 0 Å². The number of rotatable bonds is 9. The smallest absolute Gasteiger partial charge is 0.309 e. The van der Waals surface area contributed by atoms with Crippen LogP contribution in [-0.2, 0) is 16.1 Å². The Morgan fingerprint density at radius 1 is 1.22 bits per heavy atom. The molecule has 4 atom stereocenters. The van der Waals surface area contributed by atoms with Crippen LogP contribution >= 0.6 is 0 Å². The van der Waals surface area contributed by atoms with E-state index in [0.29, 0.717) is 23.6 Å². The fourth-order valence-electron chi connectivity index (χ4n) is 3.71. The number of nitrogens with two attached hydrogens (primary N) is 1. The number of amides is 1. The summed E-state index contributed by atoms with van der Waals surface area (Å²) in [6.45, 7) is 1.87. The molecule has 2 aromatic rings. The van der Waals surface area contributed by atoms with Gasteiger partial charge in [0.1, 0.15) is 11.5 Å². The van der Waals surface area contributed by atoms with Crippen molar-refractivity contribution in [1.29, 1.82) is 0 Å². The lowest BCUT2D eigenvalue weighted by atomic mass is 9.98. The number of nitro groups is 1. The summed E-state index contributed by atoms with van der Waals surface area (Å²) in [6.07, 6.45) is -1.02. The number of aliphatic hydroxyl groups is 2. The molecule has 12 heteroatoms. The highest BCUT2D eigenvalue weighted by Crippen LogP contribution is 2.30. The van der Waals surface area contributed by atoms with Gasteiger partial charge in [-0.05, 0) is 29.8 Å². The van der Waals surface area contributed by atoms with E-state index in [4.69, 9.17) is 25.4 Å². The van der Waals surface area contributed by atoms with Crippen molar-refractivity contribution in [2.24, 2.45) is 17.6 Å². The molecule has 1 aliphatic heterocycles. The van der Waals surface area contributed by atoms with E-state index in [9.17, 15) is 24.8 Å². The van der Waals surface area contributed by atoms with E-state index in [-0.39, 0.29) is 24.7 Å². The lowest BCUT2D eigenvalue weighted by Crippen LogP contribution is -2.31. The minimum Gasteiger partial charge on any atom is -0.497 e. The second-order valence-corrected chi connectivity index (χ2v) is 8.27. The molecule has 0 radical (unpaired) electrons. The zero-order valence-electron chi connectivity index (χ0n) is 20.2. The lowest BCUT2D eigenvalue weighted by molar-refractivity contribution is -0.384. The molecule has 0 aliphatic carbocycles. The Labute approximate surface area is 208 Å². The van der Waals surface area contributed by atoms with Gasteiger partial charge < -0.3 is 35.4 Å². The van der Waals surface area contributed by atoms with Crippen molar-refractivity contribution in [2.75, 3.05) is 27.4 Å². The molecule has 0 bridgehead atoms. The van der Waals surface area contributed by atoms with Crippen LogP contribution < -0.4 is 15.2 Å². The zero-order valence-corrected chi connectivity index (χ0v) is 20.2. The predicted octanol–water partition coefficient (Wildman–Crippen LogP) is 1.33. The molecular weight excluding hydrogens is 474 g/mol. The number of nitrogens with zero attached hydrogens (tertiary/aromatic N) is 2. The maximum absolute atomic E-state index is 12.1. The second kappa shape index (κ2) is 12.8. The number of carboxylic acid groups (broad SMARTS) is 1. The molecule has 1 fully saturated rings. The summed E-state index contributed by atoms with van der Waals surface area (Å²) in [5, 5.41) is 37.8. The van der Waals surface area contributed by atoms with Gasteiger partial charge in [0.2, 0.25) is 5.91 Å². The predicted molar refractivity (Wildman–Crippen MR) is 128 cm³/mol. The summed E-state index contributed by atoms with van der Waals surface area (Å²) in [7, 11) is 3.12. The maximum Gasteiger partial charge on any atom is 0.309 e. The minimum atomic E-state index is -1.02. The van der Waals surface area contributed by atoms with E-state index in [1.54, 1.807) is 38.2 Å². The number of non-ortho nitro benzene ring substituents is 1. The van der Waals surface area contributed by atoms with E-state index in [1.807, 2.05) is 6.07 Å². The Balaban J connectivity index is 0.000000269. The standard InChI is InChI=1S/C15H19NO5.C9H12N2O4/c1-9-12(15(18)19)8-16(14(9)17)7-10-4-5-11(20-2)6-13(10)21-3;10-8(5-12)9(13)6-1-3-7(4-2-6)11(14)15/h4-6,9,12H,7-8H2,1-3H3,(H,18,19);1-4,8-9,12-13H,5,10H2/t;8-,9-/m.1/s1. The molecule has 12 nitrogen and oxygen atoms in total. The minimum absolute atomic E-state index is 0.0523. The number of benzene rings is 2. The van der Waals surface area contributed by atoms with Gasteiger partial charge in [-0.15, -0.1) is 0 Å². The van der Waals surface area contributed by atoms with Gasteiger partial charge in [0.05, 0.1) is 49.7 Å². The van der Waals surface area contributed by atoms with Crippen molar-refractivity contribution in [3.05, 3.63) is 63.7 Å². The molecule has 5 N–H and O–H groups in total. The Hall–Kier alpha value is -3.74. The summed E-state index contributed by atoms with van der Waals surface area (Å²) in [4.78, 5) is 34.7. The molecular formula is C24H31N3O9. The topological polar surface area (TPSA) is 186 Å². The summed E-state index contributed by atoms with van der Waals surface area (Å²) in [5.74, 6) is -0.928. The van der Waals surface area contributed by atoms with Gasteiger partial charge in [-0.2, -0.15) is 0 Å². The van der Waals surface area contributed by atoms with E-state index in [0.717, 1.165) is 5.56 Å². The third-order valence-corrected chi connectivity index (χ3v) is 5.96. The fraction of sp³-hybridized carbons (Fsp3) is 0.417. The highest BCUT2D eigenvalue weighted by atomic mass is 16.6. The van der Waals surface area contributed by atoms with Crippen molar-refractivity contribution in [2.45, 2.75) is 25.6 Å². The molecule has 36 heavy (non-hydrogen) atoms. The monoisotopic (exact) mass is 505 g/mol. The average molecular weight is 506 g/mol. The third-order valence-electron chi connectivity index (χ3n) is 5.96. The number of hydrogen-bond acceptors (Lipinski definition) is 9. The number of carbonyl (C=O) groups is 2. The van der Waals surface area contributed by atoms with Gasteiger partial charge in [-0.3, -0.25) is 19.7 Å². The number of carbonyl (C=O) groups excluding carboxylic acids is 1. The largest absolute Gasteiger partial charge is 0.497 e. The first kappa shape index (κ1) is 28.5. The maximum atomic E-state index is 12.1. The van der Waals surface area contributed by atoms with Gasteiger partial charge in [0, 0.05) is 36.9 Å². The number of hydrogen-bond donors (Lipinski definition) is 4. The number of aliphatic hydroxyl groups excluding tert-OH is 2. The molecule has 1 amide bonds. The highest BCUT2D eigenvalue weighted by Gasteiger charge is 2.41. The van der Waals surface area contributed by atoms with E-state index < -0.39 is 34.9 Å². The van der Waals surface area contributed by atoms with Crippen molar-refractivity contribution in [1.82, 2.24) is 4.90 Å². The van der Waals surface area contributed by atoms with Crippen LogP contribution in [0.5, 0.6) is 11.5 Å². The quantitative estimate of drug-likeness (QED) is 0.286. The van der Waals surface area contributed by atoms with Crippen LogP contribution in [0.2, 0.25) is 0 Å². The Morgan fingerprint density at radius 3 is 2.33 bits per heavy atom. The molecule has 0 aromatic heterocycles. The van der Waals surface area contributed by atoms with E-state index in [2.05, 4.69) is 0 Å². The molecule has 1 aliphatic rings. The molecule has 2 aromatic carbocycles. The molecule has 0 spiro atoms. The molecule has 196 valence electrons. The summed E-state index contributed by atoms with van der Waals surface area (Å²) < 4.78 is 10.4. The number of likely N-dealkylation sites (tertiary alicyclic amines) is 1. The third kappa shape index (κ3) is 6.90. The first-order chi connectivity index (χ1) is 17.0. The first-order valence-electron chi connectivity index (χ1n) is 11.0. The van der Waals surface area contributed by atoms with Crippen LogP contribution in [0.1, 0.15) is 24.2 Å². The average Bonchev–Trinajstić information content (AvgIpc) is 3.17. The van der Waals surface area contributed by atoms with Gasteiger partial charge in [0.15, 0.2) is 0 Å². The molecule has 1 saturated heterocycles. The van der Waals surface area contributed by atoms with Crippen LogP contribution in [0.15, 0.2) is 42.5 Å². The molecule has 0 saturated carbocycles. The van der Waals surface area contributed by atoms with Crippen molar-refractivity contribution < 1.29 is 39.3 Å². The van der Waals surface area contributed by atoms with Crippen LogP contribution in [0, 0.1) is 22.0 Å². The fourth-order valence-corrected chi connectivity index (χ4v) is 3.71. The highest BCUT2D eigenvalue weighted by molar-refractivity contribution is 5.88. The Morgan fingerprint density at radius 2 is 1.86 bits per heavy atom. The Kier molecular flexibility index (Phi) is 10.1. The number of aliphatic carboxylic acids is 1. The van der Waals surface area contributed by atoms with Crippen molar-refractivity contribution in [3.8, 4) is 11.5 Å². The summed E-state index contributed by atoms with van der Waals surface area (Å²) in [6, 6.07) is 9.96. The molecule has 1 heterocycles. The van der Waals surface area contributed by atoms with Crippen molar-refractivity contribution >= 4 is 17.6 Å². The van der Waals surface area contributed by atoms with Crippen molar-refractivity contribution in [3.63, 3.8) is 0 Å².